The molecule has 1 aromatic heterocycles. The Kier molecular flexibility index (Phi) is 6.75. The number of benzene rings is 7. The lowest BCUT2D eigenvalue weighted by Gasteiger charge is -2.28. The summed E-state index contributed by atoms with van der Waals surface area (Å²) in [4.78, 5) is 2.43. The van der Waals surface area contributed by atoms with Crippen molar-refractivity contribution in [2.45, 2.75) is 0 Å². The van der Waals surface area contributed by atoms with Crippen LogP contribution in [0.4, 0.5) is 17.1 Å². The molecule has 1 heterocycles. The second kappa shape index (κ2) is 11.3. The minimum atomic E-state index is 1.13. The monoisotopic (exact) mass is 579 g/mol. The third-order valence-corrected chi connectivity index (χ3v) is 9.51. The Balaban J connectivity index is 1.27. The van der Waals surface area contributed by atoms with Crippen LogP contribution >= 0.6 is 11.3 Å². The van der Waals surface area contributed by atoms with Crippen molar-refractivity contribution in [1.82, 2.24) is 0 Å². The Morgan fingerprint density at radius 3 is 1.55 bits per heavy atom. The van der Waals surface area contributed by atoms with Gasteiger partial charge in [0.2, 0.25) is 0 Å². The van der Waals surface area contributed by atoms with Crippen LogP contribution in [0.1, 0.15) is 0 Å². The molecule has 2 heteroatoms. The summed E-state index contributed by atoms with van der Waals surface area (Å²) in [6.45, 7) is 0. The topological polar surface area (TPSA) is 3.24 Å². The Morgan fingerprint density at radius 2 is 0.841 bits per heavy atom. The SMILES string of the molecule is c1ccc(-c2ccc(-c3ccc(N(c4ccccc4-c4ccccc4)c4cccc5c4sc4ccccc45)cc3)cc2)cc1. The number of fused-ring (bicyclic) bond motifs is 3. The van der Waals surface area contributed by atoms with Gasteiger partial charge >= 0.3 is 0 Å². The van der Waals surface area contributed by atoms with Crippen LogP contribution in [-0.2, 0) is 0 Å². The molecule has 0 amide bonds. The van der Waals surface area contributed by atoms with Crippen LogP contribution in [0.5, 0.6) is 0 Å². The molecule has 0 aliphatic heterocycles. The van der Waals surface area contributed by atoms with Gasteiger partial charge in [0.1, 0.15) is 0 Å². The van der Waals surface area contributed by atoms with Crippen LogP contribution in [0, 0.1) is 0 Å². The van der Waals surface area contributed by atoms with E-state index in [1.165, 1.54) is 59.2 Å². The predicted octanol–water partition coefficient (Wildman–Crippen LogP) is 12.5. The summed E-state index contributed by atoms with van der Waals surface area (Å²) in [6, 6.07) is 63.3. The zero-order valence-electron chi connectivity index (χ0n) is 24.1. The molecule has 0 aliphatic rings. The maximum atomic E-state index is 2.43. The summed E-state index contributed by atoms with van der Waals surface area (Å²) in [7, 11) is 0. The number of rotatable bonds is 6. The highest BCUT2D eigenvalue weighted by Gasteiger charge is 2.20. The van der Waals surface area contributed by atoms with Crippen LogP contribution in [0.15, 0.2) is 176 Å². The molecule has 0 spiro atoms. The minimum Gasteiger partial charge on any atom is -0.308 e. The molecule has 8 rings (SSSR count). The standard InChI is InChI=1S/C42H29NS/c1-3-12-30(13-4-1)31-22-24-32(25-23-31)33-26-28-35(29-27-33)43(39-19-9-7-16-36(39)34-14-5-2-6-15-34)40-20-11-18-38-37-17-8-10-21-41(37)44-42(38)40/h1-29H. The number of nitrogens with zero attached hydrogens (tertiary/aromatic N) is 1. The predicted molar refractivity (Wildman–Crippen MR) is 190 cm³/mol. The summed E-state index contributed by atoms with van der Waals surface area (Å²) in [5.41, 5.74) is 10.7. The third-order valence-electron chi connectivity index (χ3n) is 8.31. The van der Waals surface area contributed by atoms with Crippen molar-refractivity contribution in [1.29, 1.82) is 0 Å². The number of anilines is 3. The smallest absolute Gasteiger partial charge is 0.0640 e. The summed E-state index contributed by atoms with van der Waals surface area (Å²) >= 11 is 1.87. The normalized spacial score (nSPS) is 11.2. The van der Waals surface area contributed by atoms with Gasteiger partial charge in [0.25, 0.3) is 0 Å². The van der Waals surface area contributed by atoms with E-state index in [2.05, 4.69) is 181 Å². The number of hydrogen-bond acceptors (Lipinski definition) is 2. The molecule has 8 aromatic rings. The molecule has 1 nitrogen and oxygen atoms in total. The third kappa shape index (κ3) is 4.76. The van der Waals surface area contributed by atoms with Gasteiger partial charge in [-0.2, -0.15) is 0 Å². The summed E-state index contributed by atoms with van der Waals surface area (Å²) in [5, 5.41) is 2.60. The van der Waals surface area contributed by atoms with Gasteiger partial charge in [0, 0.05) is 26.7 Å². The van der Waals surface area contributed by atoms with Gasteiger partial charge in [0.05, 0.1) is 16.1 Å². The van der Waals surface area contributed by atoms with Crippen molar-refractivity contribution < 1.29 is 0 Å². The van der Waals surface area contributed by atoms with Crippen LogP contribution in [0.25, 0.3) is 53.6 Å². The van der Waals surface area contributed by atoms with Crippen molar-refractivity contribution >= 4 is 48.6 Å². The lowest BCUT2D eigenvalue weighted by molar-refractivity contribution is 1.30. The Labute approximate surface area is 261 Å². The maximum absolute atomic E-state index is 2.43. The fraction of sp³-hybridized carbons (Fsp3) is 0. The van der Waals surface area contributed by atoms with Crippen molar-refractivity contribution in [2.24, 2.45) is 0 Å². The van der Waals surface area contributed by atoms with Crippen molar-refractivity contribution in [3.05, 3.63) is 176 Å². The van der Waals surface area contributed by atoms with Gasteiger partial charge in [-0.1, -0.05) is 146 Å². The van der Waals surface area contributed by atoms with Crippen LogP contribution in [0.2, 0.25) is 0 Å². The highest BCUT2D eigenvalue weighted by atomic mass is 32.1. The molecule has 0 fully saturated rings. The fourth-order valence-corrected chi connectivity index (χ4v) is 7.34. The van der Waals surface area contributed by atoms with E-state index in [0.29, 0.717) is 0 Å². The van der Waals surface area contributed by atoms with Crippen molar-refractivity contribution in [3.8, 4) is 33.4 Å². The van der Waals surface area contributed by atoms with Crippen LogP contribution < -0.4 is 4.90 Å². The Hall–Kier alpha value is -5.44. The van der Waals surface area contributed by atoms with E-state index in [-0.39, 0.29) is 0 Å². The molecule has 0 radical (unpaired) electrons. The van der Waals surface area contributed by atoms with Crippen molar-refractivity contribution in [2.75, 3.05) is 4.90 Å². The second-order valence-corrected chi connectivity index (χ2v) is 12.0. The van der Waals surface area contributed by atoms with Gasteiger partial charge in [-0.25, -0.2) is 0 Å². The molecule has 44 heavy (non-hydrogen) atoms. The van der Waals surface area contributed by atoms with E-state index < -0.39 is 0 Å². The molecule has 0 bridgehead atoms. The number of para-hydroxylation sites is 1. The summed E-state index contributed by atoms with van der Waals surface area (Å²) in [6.07, 6.45) is 0. The Bertz CT molecular complexity index is 2200. The molecule has 208 valence electrons. The quantitative estimate of drug-likeness (QED) is 0.189. The molecule has 7 aromatic carbocycles. The molecule has 0 atom stereocenters. The first-order valence-electron chi connectivity index (χ1n) is 14.9. The van der Waals surface area contributed by atoms with Crippen LogP contribution in [0.3, 0.4) is 0 Å². The largest absolute Gasteiger partial charge is 0.308 e. The zero-order valence-corrected chi connectivity index (χ0v) is 24.9. The summed E-state index contributed by atoms with van der Waals surface area (Å²) < 4.78 is 2.60. The van der Waals surface area contributed by atoms with Gasteiger partial charge in [-0.15, -0.1) is 11.3 Å². The van der Waals surface area contributed by atoms with E-state index in [1.54, 1.807) is 0 Å². The van der Waals surface area contributed by atoms with E-state index in [1.807, 2.05) is 11.3 Å². The average molecular weight is 580 g/mol. The lowest BCUT2D eigenvalue weighted by atomic mass is 9.99. The second-order valence-electron chi connectivity index (χ2n) is 11.0. The fourth-order valence-electron chi connectivity index (χ4n) is 6.14. The maximum Gasteiger partial charge on any atom is 0.0640 e. The zero-order chi connectivity index (χ0) is 29.3. The highest BCUT2D eigenvalue weighted by molar-refractivity contribution is 7.26. The molecular weight excluding hydrogens is 551 g/mol. The first-order valence-corrected chi connectivity index (χ1v) is 15.8. The first-order chi connectivity index (χ1) is 21.8. The minimum absolute atomic E-state index is 1.13. The van der Waals surface area contributed by atoms with E-state index in [9.17, 15) is 0 Å². The number of hydrogen-bond donors (Lipinski definition) is 0. The van der Waals surface area contributed by atoms with E-state index in [4.69, 9.17) is 0 Å². The molecule has 0 unspecified atom stereocenters. The highest BCUT2D eigenvalue weighted by Crippen LogP contribution is 2.47. The van der Waals surface area contributed by atoms with E-state index in [0.717, 1.165) is 11.4 Å². The van der Waals surface area contributed by atoms with Gasteiger partial charge in [0.15, 0.2) is 0 Å². The van der Waals surface area contributed by atoms with Gasteiger partial charge < -0.3 is 4.90 Å². The molecule has 0 saturated heterocycles. The lowest BCUT2D eigenvalue weighted by Crippen LogP contribution is -2.11. The van der Waals surface area contributed by atoms with Gasteiger partial charge in [-0.3, -0.25) is 0 Å². The van der Waals surface area contributed by atoms with Crippen molar-refractivity contribution in [3.63, 3.8) is 0 Å². The van der Waals surface area contributed by atoms with Gasteiger partial charge in [-0.05, 0) is 58.1 Å². The Morgan fingerprint density at radius 1 is 0.341 bits per heavy atom. The van der Waals surface area contributed by atoms with E-state index >= 15 is 0 Å². The molecule has 0 saturated carbocycles. The first kappa shape index (κ1) is 26.2. The molecular formula is C42H29NS. The van der Waals surface area contributed by atoms with Crippen LogP contribution in [-0.4, -0.2) is 0 Å². The molecule has 0 N–H and O–H groups in total. The number of thiophene rings is 1. The molecule has 0 aliphatic carbocycles. The summed E-state index contributed by atoms with van der Waals surface area (Å²) in [5.74, 6) is 0. The average Bonchev–Trinajstić information content (AvgIpc) is 3.49.